The summed E-state index contributed by atoms with van der Waals surface area (Å²) in [6.07, 6.45) is 2.71. The summed E-state index contributed by atoms with van der Waals surface area (Å²) in [4.78, 5) is 16.5. The molecular formula is C20H18Cl2N2O2. The third-order valence-electron chi connectivity index (χ3n) is 4.14. The van der Waals surface area contributed by atoms with Gasteiger partial charge in [-0.25, -0.2) is 0 Å². The Morgan fingerprint density at radius 3 is 2.65 bits per heavy atom. The lowest BCUT2D eigenvalue weighted by Crippen LogP contribution is -2.29. The smallest absolute Gasteiger partial charge is 0.220 e. The van der Waals surface area contributed by atoms with Crippen LogP contribution in [0, 0.1) is 0 Å². The van der Waals surface area contributed by atoms with Gasteiger partial charge in [-0.15, -0.1) is 0 Å². The second-order valence-electron chi connectivity index (χ2n) is 6.00. The van der Waals surface area contributed by atoms with Gasteiger partial charge in [0.2, 0.25) is 5.91 Å². The van der Waals surface area contributed by atoms with Crippen molar-refractivity contribution in [1.82, 2.24) is 10.3 Å². The van der Waals surface area contributed by atoms with Gasteiger partial charge in [0.15, 0.2) is 0 Å². The van der Waals surface area contributed by atoms with Crippen molar-refractivity contribution in [2.45, 2.75) is 25.8 Å². The third-order valence-corrected chi connectivity index (χ3v) is 4.71. The monoisotopic (exact) mass is 388 g/mol. The fourth-order valence-electron chi connectivity index (χ4n) is 2.88. The van der Waals surface area contributed by atoms with Crippen molar-refractivity contribution >= 4 is 40.0 Å². The number of rotatable bonds is 5. The van der Waals surface area contributed by atoms with Crippen molar-refractivity contribution in [2.75, 3.05) is 0 Å². The lowest BCUT2D eigenvalue weighted by atomic mass is 9.96. The number of carbonyl (C=O) groups is 1. The second-order valence-corrected chi connectivity index (χ2v) is 6.84. The van der Waals surface area contributed by atoms with Crippen LogP contribution in [0.3, 0.4) is 0 Å². The number of nitrogens with zero attached hydrogens (tertiary/aromatic N) is 1. The number of hydrogen-bond donors (Lipinski definition) is 2. The van der Waals surface area contributed by atoms with Crippen molar-refractivity contribution in [1.29, 1.82) is 0 Å². The second kappa shape index (κ2) is 7.94. The molecule has 1 heterocycles. The molecule has 0 unspecified atom stereocenters. The lowest BCUT2D eigenvalue weighted by Gasteiger charge is -2.22. The molecule has 0 aliphatic rings. The molecule has 6 heteroatoms. The van der Waals surface area contributed by atoms with Crippen molar-refractivity contribution in [3.05, 3.63) is 69.8 Å². The van der Waals surface area contributed by atoms with E-state index in [1.165, 1.54) is 0 Å². The minimum Gasteiger partial charge on any atom is -0.505 e. The molecule has 0 bridgehead atoms. The molecule has 0 radical (unpaired) electrons. The first-order valence-corrected chi connectivity index (χ1v) is 9.07. The van der Waals surface area contributed by atoms with Gasteiger partial charge in [0, 0.05) is 28.6 Å². The number of pyridine rings is 1. The summed E-state index contributed by atoms with van der Waals surface area (Å²) in [6.45, 7) is 1.94. The highest BCUT2D eigenvalue weighted by atomic mass is 35.5. The molecule has 1 aromatic heterocycles. The van der Waals surface area contributed by atoms with Crippen LogP contribution in [0.1, 0.15) is 36.9 Å². The van der Waals surface area contributed by atoms with E-state index < -0.39 is 6.04 Å². The zero-order valence-electron chi connectivity index (χ0n) is 14.2. The normalized spacial score (nSPS) is 12.1. The van der Waals surface area contributed by atoms with E-state index in [1.807, 2.05) is 19.1 Å². The van der Waals surface area contributed by atoms with E-state index >= 15 is 0 Å². The zero-order chi connectivity index (χ0) is 18.7. The number of fused-ring (bicyclic) bond motifs is 1. The number of aromatic nitrogens is 1. The molecule has 2 aromatic carbocycles. The van der Waals surface area contributed by atoms with Gasteiger partial charge >= 0.3 is 0 Å². The van der Waals surface area contributed by atoms with Crippen LogP contribution in [-0.2, 0) is 4.79 Å². The number of halogens is 2. The van der Waals surface area contributed by atoms with Crippen LogP contribution in [-0.4, -0.2) is 16.0 Å². The Morgan fingerprint density at radius 2 is 1.96 bits per heavy atom. The summed E-state index contributed by atoms with van der Waals surface area (Å²) in [5, 5.41) is 15.5. The minimum absolute atomic E-state index is 0.00162. The SMILES string of the molecule is CCCC(=O)N[C@@H](c1ccc(Cl)cc1)c1cc(Cl)c2cccnc2c1O. The number of hydrogen-bond acceptors (Lipinski definition) is 3. The maximum absolute atomic E-state index is 12.3. The van der Waals surface area contributed by atoms with E-state index in [2.05, 4.69) is 10.3 Å². The van der Waals surface area contributed by atoms with E-state index in [9.17, 15) is 9.90 Å². The molecule has 0 saturated carbocycles. The number of nitrogens with one attached hydrogen (secondary N) is 1. The van der Waals surface area contributed by atoms with Crippen LogP contribution >= 0.6 is 23.2 Å². The summed E-state index contributed by atoms with van der Waals surface area (Å²) in [5.41, 5.74) is 1.69. The number of amides is 1. The average molecular weight is 389 g/mol. The molecule has 0 saturated heterocycles. The van der Waals surface area contributed by atoms with Crippen molar-refractivity contribution in [3.8, 4) is 5.75 Å². The number of aromatic hydroxyl groups is 1. The number of phenolic OH excluding ortho intramolecular Hbond substituents is 1. The predicted molar refractivity (Wildman–Crippen MR) is 105 cm³/mol. The van der Waals surface area contributed by atoms with Gasteiger partial charge < -0.3 is 10.4 Å². The van der Waals surface area contributed by atoms with Crippen molar-refractivity contribution in [2.24, 2.45) is 0 Å². The van der Waals surface area contributed by atoms with E-state index in [-0.39, 0.29) is 11.7 Å². The van der Waals surface area contributed by atoms with Gasteiger partial charge in [0.05, 0.1) is 11.1 Å². The molecular weight excluding hydrogens is 371 g/mol. The summed E-state index contributed by atoms with van der Waals surface area (Å²) in [7, 11) is 0. The maximum Gasteiger partial charge on any atom is 0.220 e. The molecule has 1 amide bonds. The largest absolute Gasteiger partial charge is 0.505 e. The van der Waals surface area contributed by atoms with Crippen molar-refractivity contribution in [3.63, 3.8) is 0 Å². The van der Waals surface area contributed by atoms with Crippen LogP contribution in [0.5, 0.6) is 5.75 Å². The number of benzene rings is 2. The van der Waals surface area contributed by atoms with Gasteiger partial charge in [0.25, 0.3) is 0 Å². The van der Waals surface area contributed by atoms with E-state index in [0.29, 0.717) is 32.9 Å². The first-order valence-electron chi connectivity index (χ1n) is 8.32. The lowest BCUT2D eigenvalue weighted by molar-refractivity contribution is -0.121. The van der Waals surface area contributed by atoms with Crippen LogP contribution in [0.2, 0.25) is 10.0 Å². The summed E-state index contributed by atoms with van der Waals surface area (Å²) >= 11 is 12.4. The molecule has 1 atom stereocenters. The van der Waals surface area contributed by atoms with E-state index in [4.69, 9.17) is 23.2 Å². The van der Waals surface area contributed by atoms with Gasteiger partial charge in [-0.3, -0.25) is 9.78 Å². The summed E-state index contributed by atoms with van der Waals surface area (Å²) in [6, 6.07) is 11.8. The fraction of sp³-hybridized carbons (Fsp3) is 0.200. The van der Waals surface area contributed by atoms with Crippen LogP contribution < -0.4 is 5.32 Å². The van der Waals surface area contributed by atoms with E-state index in [1.54, 1.807) is 36.5 Å². The van der Waals surface area contributed by atoms with Gasteiger partial charge in [-0.2, -0.15) is 0 Å². The quantitative estimate of drug-likeness (QED) is 0.626. The highest BCUT2D eigenvalue weighted by Crippen LogP contribution is 2.38. The molecule has 26 heavy (non-hydrogen) atoms. The molecule has 0 fully saturated rings. The Bertz CT molecular complexity index is 942. The number of carbonyl (C=O) groups excluding carboxylic acids is 1. The highest BCUT2D eigenvalue weighted by molar-refractivity contribution is 6.35. The Kier molecular flexibility index (Phi) is 5.64. The molecule has 0 spiro atoms. The maximum atomic E-state index is 12.3. The van der Waals surface area contributed by atoms with Crippen molar-refractivity contribution < 1.29 is 9.90 Å². The zero-order valence-corrected chi connectivity index (χ0v) is 15.7. The third kappa shape index (κ3) is 3.76. The predicted octanol–water partition coefficient (Wildman–Crippen LogP) is 5.25. The van der Waals surface area contributed by atoms with Crippen LogP contribution in [0.4, 0.5) is 0 Å². The Labute approximate surface area is 161 Å². The van der Waals surface area contributed by atoms with Crippen LogP contribution in [0.15, 0.2) is 48.7 Å². The Hall–Kier alpha value is -2.30. The highest BCUT2D eigenvalue weighted by Gasteiger charge is 2.23. The molecule has 134 valence electrons. The Morgan fingerprint density at radius 1 is 1.23 bits per heavy atom. The van der Waals surface area contributed by atoms with Crippen LogP contribution in [0.25, 0.3) is 10.9 Å². The van der Waals surface area contributed by atoms with Gasteiger partial charge in [-0.1, -0.05) is 42.3 Å². The Balaban J connectivity index is 2.15. The molecule has 3 rings (SSSR count). The van der Waals surface area contributed by atoms with Gasteiger partial charge in [0.1, 0.15) is 11.3 Å². The van der Waals surface area contributed by atoms with Gasteiger partial charge in [-0.05, 0) is 42.3 Å². The minimum atomic E-state index is -0.560. The summed E-state index contributed by atoms with van der Waals surface area (Å²) < 4.78 is 0. The summed E-state index contributed by atoms with van der Waals surface area (Å²) in [5.74, 6) is -0.106. The van der Waals surface area contributed by atoms with E-state index in [0.717, 1.165) is 12.0 Å². The molecule has 2 N–H and O–H groups in total. The molecule has 3 aromatic rings. The fourth-order valence-corrected chi connectivity index (χ4v) is 3.28. The topological polar surface area (TPSA) is 62.2 Å². The first kappa shape index (κ1) is 18.5. The standard InChI is InChI=1S/C20H18Cl2N2O2/c1-2-4-17(25)24-18(12-6-8-13(21)9-7-12)15-11-16(22)14-5-3-10-23-19(14)20(15)26/h3,5-11,18,26H,2,4H2,1H3,(H,24,25)/t18-/m0/s1. The number of phenols is 1. The average Bonchev–Trinajstić information content (AvgIpc) is 2.64. The first-order chi connectivity index (χ1) is 12.5. The molecule has 0 aliphatic carbocycles. The molecule has 4 nitrogen and oxygen atoms in total. The molecule has 0 aliphatic heterocycles.